The van der Waals surface area contributed by atoms with E-state index in [1.165, 1.54) is 18.5 Å². The van der Waals surface area contributed by atoms with Crippen molar-refractivity contribution in [1.29, 1.82) is 0 Å². The fourth-order valence-corrected chi connectivity index (χ4v) is 4.25. The molecule has 194 valence electrons. The van der Waals surface area contributed by atoms with Crippen molar-refractivity contribution in [2.75, 3.05) is 65.9 Å². The Balaban J connectivity index is 1.61. The van der Waals surface area contributed by atoms with Crippen LogP contribution in [-0.4, -0.2) is 86.5 Å². The normalized spacial score (nSPS) is 14.9. The number of anilines is 2. The Morgan fingerprint density at radius 1 is 1.14 bits per heavy atom. The molecular formula is C26H33ClFN5O3. The third kappa shape index (κ3) is 6.94. The first-order valence-corrected chi connectivity index (χ1v) is 12.5. The Kier molecular flexibility index (Phi) is 9.14. The standard InChI is InChI=1S/C26H33ClFN5O3/c1-32-8-6-19(7-9-32)36-24-16-20(35-13-11-33(2)10-12-34-3)15-23-25(24)26(30-17-29-23)31-18-4-5-22(28)21(27)14-18/h4-5,14-17,19H,6-13H2,1-3H3,(H,29,30,31). The van der Waals surface area contributed by atoms with Crippen LogP contribution in [0.5, 0.6) is 11.5 Å². The van der Waals surface area contributed by atoms with Crippen LogP contribution in [0.15, 0.2) is 36.7 Å². The largest absolute Gasteiger partial charge is 0.492 e. The molecule has 36 heavy (non-hydrogen) atoms. The van der Waals surface area contributed by atoms with E-state index in [0.29, 0.717) is 41.7 Å². The molecule has 1 saturated heterocycles. The van der Waals surface area contributed by atoms with Gasteiger partial charge in [0, 0.05) is 51.1 Å². The van der Waals surface area contributed by atoms with Gasteiger partial charge in [-0.15, -0.1) is 0 Å². The topological polar surface area (TPSA) is 72.0 Å². The van der Waals surface area contributed by atoms with Crippen LogP contribution in [0.1, 0.15) is 12.8 Å². The Morgan fingerprint density at radius 3 is 2.67 bits per heavy atom. The summed E-state index contributed by atoms with van der Waals surface area (Å²) in [7, 11) is 5.85. The predicted molar refractivity (Wildman–Crippen MR) is 140 cm³/mol. The third-order valence-electron chi connectivity index (χ3n) is 6.24. The quantitative estimate of drug-likeness (QED) is 0.396. The molecule has 10 heteroatoms. The number of aromatic nitrogens is 2. The van der Waals surface area contributed by atoms with Gasteiger partial charge < -0.3 is 29.3 Å². The molecule has 3 aromatic rings. The van der Waals surface area contributed by atoms with E-state index in [9.17, 15) is 4.39 Å². The smallest absolute Gasteiger partial charge is 0.145 e. The lowest BCUT2D eigenvalue weighted by atomic mass is 10.1. The molecule has 4 rings (SSSR count). The summed E-state index contributed by atoms with van der Waals surface area (Å²) in [5, 5.41) is 4.02. The zero-order valence-corrected chi connectivity index (χ0v) is 21.7. The fraction of sp³-hybridized carbons (Fsp3) is 0.462. The zero-order valence-electron chi connectivity index (χ0n) is 21.0. The molecule has 0 aliphatic carbocycles. The Labute approximate surface area is 216 Å². The van der Waals surface area contributed by atoms with E-state index in [1.54, 1.807) is 13.2 Å². The maximum atomic E-state index is 13.7. The number of ether oxygens (including phenoxy) is 3. The maximum Gasteiger partial charge on any atom is 0.145 e. The maximum absolute atomic E-state index is 13.7. The number of hydrogen-bond acceptors (Lipinski definition) is 8. The van der Waals surface area contributed by atoms with Crippen molar-refractivity contribution < 1.29 is 18.6 Å². The molecular weight excluding hydrogens is 485 g/mol. The number of nitrogens with one attached hydrogen (secondary N) is 1. The lowest BCUT2D eigenvalue weighted by Gasteiger charge is -2.30. The van der Waals surface area contributed by atoms with Crippen molar-refractivity contribution >= 4 is 34.0 Å². The van der Waals surface area contributed by atoms with Gasteiger partial charge in [0.1, 0.15) is 42.2 Å². The molecule has 1 aromatic heterocycles. The molecule has 0 spiro atoms. The van der Waals surface area contributed by atoms with Gasteiger partial charge in [-0.2, -0.15) is 0 Å². The average Bonchev–Trinajstić information content (AvgIpc) is 2.86. The molecule has 0 atom stereocenters. The highest BCUT2D eigenvalue weighted by molar-refractivity contribution is 6.31. The molecule has 0 amide bonds. The summed E-state index contributed by atoms with van der Waals surface area (Å²) in [5.41, 5.74) is 1.31. The van der Waals surface area contributed by atoms with Crippen molar-refractivity contribution in [3.05, 3.63) is 47.5 Å². The van der Waals surface area contributed by atoms with Crippen LogP contribution in [0.4, 0.5) is 15.9 Å². The average molecular weight is 518 g/mol. The summed E-state index contributed by atoms with van der Waals surface area (Å²) in [6.45, 7) is 4.73. The SMILES string of the molecule is COCCN(C)CCOc1cc(OC2CCN(C)CC2)c2c(Nc3ccc(F)c(Cl)c3)ncnc2c1. The van der Waals surface area contributed by atoms with Crippen LogP contribution in [0.3, 0.4) is 0 Å². The number of rotatable bonds is 11. The van der Waals surface area contributed by atoms with Crippen molar-refractivity contribution in [3.63, 3.8) is 0 Å². The second-order valence-electron chi connectivity index (χ2n) is 9.06. The number of halogens is 2. The molecule has 0 unspecified atom stereocenters. The van der Waals surface area contributed by atoms with Crippen LogP contribution in [-0.2, 0) is 4.74 Å². The minimum absolute atomic E-state index is 0.0346. The van der Waals surface area contributed by atoms with E-state index in [-0.39, 0.29) is 11.1 Å². The van der Waals surface area contributed by atoms with E-state index < -0.39 is 5.82 Å². The molecule has 2 heterocycles. The van der Waals surface area contributed by atoms with Gasteiger partial charge in [-0.25, -0.2) is 14.4 Å². The lowest BCUT2D eigenvalue weighted by Crippen LogP contribution is -2.35. The summed E-state index contributed by atoms with van der Waals surface area (Å²) in [4.78, 5) is 13.4. The second-order valence-corrected chi connectivity index (χ2v) is 9.46. The highest BCUT2D eigenvalue weighted by Crippen LogP contribution is 2.37. The van der Waals surface area contributed by atoms with Gasteiger partial charge in [0.15, 0.2) is 0 Å². The number of benzene rings is 2. The molecule has 0 bridgehead atoms. The lowest BCUT2D eigenvalue weighted by molar-refractivity contribution is 0.115. The van der Waals surface area contributed by atoms with Crippen LogP contribution in [0.25, 0.3) is 10.9 Å². The van der Waals surface area contributed by atoms with Crippen LogP contribution in [0.2, 0.25) is 5.02 Å². The molecule has 2 aromatic carbocycles. The fourth-order valence-electron chi connectivity index (χ4n) is 4.07. The van der Waals surface area contributed by atoms with E-state index in [0.717, 1.165) is 44.4 Å². The van der Waals surface area contributed by atoms with E-state index in [2.05, 4.69) is 32.1 Å². The van der Waals surface area contributed by atoms with Crippen molar-refractivity contribution in [3.8, 4) is 11.5 Å². The highest BCUT2D eigenvalue weighted by Gasteiger charge is 2.21. The summed E-state index contributed by atoms with van der Waals surface area (Å²) < 4.78 is 31.4. The van der Waals surface area contributed by atoms with E-state index >= 15 is 0 Å². The highest BCUT2D eigenvalue weighted by atomic mass is 35.5. The minimum Gasteiger partial charge on any atom is -0.492 e. The summed E-state index contributed by atoms with van der Waals surface area (Å²) in [5.74, 6) is 1.41. The minimum atomic E-state index is -0.476. The van der Waals surface area contributed by atoms with Gasteiger partial charge in [0.2, 0.25) is 0 Å². The monoisotopic (exact) mass is 517 g/mol. The number of methoxy groups -OCH3 is 1. The molecule has 8 nitrogen and oxygen atoms in total. The van der Waals surface area contributed by atoms with Gasteiger partial charge in [0.25, 0.3) is 0 Å². The Hall–Kier alpha value is -2.72. The molecule has 1 aliphatic rings. The van der Waals surface area contributed by atoms with E-state index in [1.807, 2.05) is 19.2 Å². The van der Waals surface area contributed by atoms with Gasteiger partial charge in [-0.05, 0) is 45.1 Å². The van der Waals surface area contributed by atoms with Gasteiger partial charge in [-0.1, -0.05) is 11.6 Å². The van der Waals surface area contributed by atoms with Crippen LogP contribution in [0, 0.1) is 5.82 Å². The molecule has 1 aliphatic heterocycles. The summed E-state index contributed by atoms with van der Waals surface area (Å²) in [6, 6.07) is 8.25. The zero-order chi connectivity index (χ0) is 25.5. The van der Waals surface area contributed by atoms with Crippen molar-refractivity contribution in [1.82, 2.24) is 19.8 Å². The number of piperidine rings is 1. The number of nitrogens with zero attached hydrogens (tertiary/aromatic N) is 4. The van der Waals surface area contributed by atoms with Crippen molar-refractivity contribution in [2.24, 2.45) is 0 Å². The Morgan fingerprint density at radius 2 is 1.92 bits per heavy atom. The molecule has 0 radical (unpaired) electrons. The number of likely N-dealkylation sites (tertiary alicyclic amines) is 1. The summed E-state index contributed by atoms with van der Waals surface area (Å²) in [6.07, 6.45) is 3.42. The number of fused-ring (bicyclic) bond motifs is 1. The first kappa shape index (κ1) is 26.3. The van der Waals surface area contributed by atoms with Crippen molar-refractivity contribution in [2.45, 2.75) is 18.9 Å². The summed E-state index contributed by atoms with van der Waals surface area (Å²) >= 11 is 5.99. The molecule has 0 saturated carbocycles. The van der Waals surface area contributed by atoms with Gasteiger partial charge >= 0.3 is 0 Å². The molecule has 1 N–H and O–H groups in total. The van der Waals surface area contributed by atoms with Crippen LogP contribution >= 0.6 is 11.6 Å². The van der Waals surface area contributed by atoms with E-state index in [4.69, 9.17) is 25.8 Å². The van der Waals surface area contributed by atoms with Gasteiger partial charge in [0.05, 0.1) is 22.5 Å². The second kappa shape index (κ2) is 12.5. The van der Waals surface area contributed by atoms with Gasteiger partial charge in [-0.3, -0.25) is 0 Å². The molecule has 1 fully saturated rings. The first-order chi connectivity index (χ1) is 17.4. The Bertz CT molecular complexity index is 1160. The number of likely N-dealkylation sites (N-methyl/N-ethyl adjacent to an activating group) is 1. The predicted octanol–water partition coefficient (Wildman–Crippen LogP) is 4.60. The third-order valence-corrected chi connectivity index (χ3v) is 6.53. The van der Waals surface area contributed by atoms with Crippen LogP contribution < -0.4 is 14.8 Å². The first-order valence-electron chi connectivity index (χ1n) is 12.1. The number of hydrogen-bond donors (Lipinski definition) is 1.